The first kappa shape index (κ1) is 10.4. The average Bonchev–Trinajstić information content (AvgIpc) is 2.14. The highest BCUT2D eigenvalue weighted by Gasteiger charge is 2.01. The number of hydrogen-bond acceptors (Lipinski definition) is 2. The highest BCUT2D eigenvalue weighted by molar-refractivity contribution is 6.04. The SMILES string of the molecule is CN(C)/C=C\C(=O)c1cccc(F)c1. The van der Waals surface area contributed by atoms with Gasteiger partial charge in [0.25, 0.3) is 0 Å². The van der Waals surface area contributed by atoms with Gasteiger partial charge in [0.05, 0.1) is 0 Å². The van der Waals surface area contributed by atoms with Gasteiger partial charge in [0.2, 0.25) is 0 Å². The lowest BCUT2D eigenvalue weighted by molar-refractivity contribution is 0.104. The number of carbonyl (C=O) groups is 1. The van der Waals surface area contributed by atoms with E-state index in [9.17, 15) is 9.18 Å². The van der Waals surface area contributed by atoms with E-state index in [0.717, 1.165) is 0 Å². The Morgan fingerprint density at radius 1 is 1.43 bits per heavy atom. The smallest absolute Gasteiger partial charge is 0.187 e. The van der Waals surface area contributed by atoms with Crippen molar-refractivity contribution in [3.8, 4) is 0 Å². The third kappa shape index (κ3) is 3.01. The Morgan fingerprint density at radius 2 is 2.14 bits per heavy atom. The van der Waals surface area contributed by atoms with Gasteiger partial charge in [0, 0.05) is 31.9 Å². The molecule has 14 heavy (non-hydrogen) atoms. The van der Waals surface area contributed by atoms with Crippen molar-refractivity contribution < 1.29 is 9.18 Å². The Balaban J connectivity index is 2.80. The van der Waals surface area contributed by atoms with Crippen molar-refractivity contribution in [2.75, 3.05) is 14.1 Å². The fourth-order valence-electron chi connectivity index (χ4n) is 0.955. The molecule has 0 aliphatic carbocycles. The maximum atomic E-state index is 12.7. The van der Waals surface area contributed by atoms with Gasteiger partial charge in [-0.1, -0.05) is 12.1 Å². The van der Waals surface area contributed by atoms with Crippen LogP contribution in [0.2, 0.25) is 0 Å². The maximum Gasteiger partial charge on any atom is 0.187 e. The van der Waals surface area contributed by atoms with Crippen molar-refractivity contribution in [2.45, 2.75) is 0 Å². The number of halogens is 1. The average molecular weight is 193 g/mol. The Morgan fingerprint density at radius 3 is 2.71 bits per heavy atom. The number of benzene rings is 1. The monoisotopic (exact) mass is 193 g/mol. The van der Waals surface area contributed by atoms with Crippen molar-refractivity contribution in [3.63, 3.8) is 0 Å². The van der Waals surface area contributed by atoms with Crippen molar-refractivity contribution in [1.29, 1.82) is 0 Å². The van der Waals surface area contributed by atoms with E-state index in [2.05, 4.69) is 0 Å². The maximum absolute atomic E-state index is 12.7. The van der Waals surface area contributed by atoms with Gasteiger partial charge in [-0.25, -0.2) is 4.39 Å². The second-order valence-corrected chi connectivity index (χ2v) is 3.15. The Bertz CT molecular complexity index is 358. The normalized spacial score (nSPS) is 10.5. The van der Waals surface area contributed by atoms with E-state index in [1.165, 1.54) is 24.3 Å². The van der Waals surface area contributed by atoms with Crippen molar-refractivity contribution in [2.24, 2.45) is 0 Å². The van der Waals surface area contributed by atoms with E-state index in [4.69, 9.17) is 0 Å². The number of rotatable bonds is 3. The summed E-state index contributed by atoms with van der Waals surface area (Å²) in [6.45, 7) is 0. The second-order valence-electron chi connectivity index (χ2n) is 3.15. The highest BCUT2D eigenvalue weighted by Crippen LogP contribution is 2.04. The van der Waals surface area contributed by atoms with Crippen LogP contribution in [0.1, 0.15) is 10.4 Å². The topological polar surface area (TPSA) is 20.3 Å². The van der Waals surface area contributed by atoms with E-state index in [1.807, 2.05) is 14.1 Å². The predicted octanol–water partition coefficient (Wildman–Crippen LogP) is 2.08. The zero-order valence-corrected chi connectivity index (χ0v) is 8.20. The van der Waals surface area contributed by atoms with E-state index < -0.39 is 5.82 Å². The van der Waals surface area contributed by atoms with Crippen LogP contribution >= 0.6 is 0 Å². The Labute approximate surface area is 82.7 Å². The van der Waals surface area contributed by atoms with E-state index >= 15 is 0 Å². The molecule has 0 radical (unpaired) electrons. The van der Waals surface area contributed by atoms with Crippen molar-refractivity contribution >= 4 is 5.78 Å². The molecule has 0 spiro atoms. The van der Waals surface area contributed by atoms with Crippen LogP contribution in [0.25, 0.3) is 0 Å². The minimum absolute atomic E-state index is 0.196. The molecule has 0 aromatic heterocycles. The second kappa shape index (κ2) is 4.56. The van der Waals surface area contributed by atoms with Crippen LogP contribution < -0.4 is 0 Å². The molecule has 1 aromatic rings. The van der Waals surface area contributed by atoms with Crippen LogP contribution in [-0.4, -0.2) is 24.8 Å². The first-order chi connectivity index (χ1) is 6.59. The predicted molar refractivity (Wildman–Crippen MR) is 53.6 cm³/mol. The molecule has 74 valence electrons. The lowest BCUT2D eigenvalue weighted by Gasteiger charge is -2.02. The molecule has 0 saturated carbocycles. The van der Waals surface area contributed by atoms with Crippen LogP contribution in [0, 0.1) is 5.82 Å². The third-order valence-corrected chi connectivity index (χ3v) is 1.63. The number of allylic oxidation sites excluding steroid dienone is 1. The molecule has 0 heterocycles. The quantitative estimate of drug-likeness (QED) is 0.541. The molecule has 0 bridgehead atoms. The molecule has 0 N–H and O–H groups in total. The summed E-state index contributed by atoms with van der Waals surface area (Å²) in [5.74, 6) is -0.590. The summed E-state index contributed by atoms with van der Waals surface area (Å²) in [6.07, 6.45) is 3.04. The highest BCUT2D eigenvalue weighted by atomic mass is 19.1. The Kier molecular flexibility index (Phi) is 3.40. The molecular weight excluding hydrogens is 181 g/mol. The van der Waals surface area contributed by atoms with E-state index in [1.54, 1.807) is 17.2 Å². The summed E-state index contributed by atoms with van der Waals surface area (Å²) in [5, 5.41) is 0. The van der Waals surface area contributed by atoms with Crippen LogP contribution in [0.5, 0.6) is 0 Å². The van der Waals surface area contributed by atoms with Gasteiger partial charge in [-0.3, -0.25) is 4.79 Å². The van der Waals surface area contributed by atoms with Crippen LogP contribution in [0.15, 0.2) is 36.5 Å². The van der Waals surface area contributed by atoms with Gasteiger partial charge >= 0.3 is 0 Å². The molecule has 0 aliphatic heterocycles. The summed E-state index contributed by atoms with van der Waals surface area (Å²) in [6, 6.07) is 5.65. The molecule has 0 aliphatic rings. The summed E-state index contributed by atoms with van der Waals surface area (Å²) < 4.78 is 12.7. The Hall–Kier alpha value is -1.64. The minimum Gasteiger partial charge on any atom is -0.383 e. The van der Waals surface area contributed by atoms with Gasteiger partial charge in [0.15, 0.2) is 5.78 Å². The van der Waals surface area contributed by atoms with Gasteiger partial charge in [-0.15, -0.1) is 0 Å². The van der Waals surface area contributed by atoms with Crippen molar-refractivity contribution in [3.05, 3.63) is 47.9 Å². The first-order valence-corrected chi connectivity index (χ1v) is 4.24. The lowest BCUT2D eigenvalue weighted by Crippen LogP contribution is -2.03. The summed E-state index contributed by atoms with van der Waals surface area (Å²) >= 11 is 0. The van der Waals surface area contributed by atoms with E-state index in [0.29, 0.717) is 5.56 Å². The number of ketones is 1. The standard InChI is InChI=1S/C11H12FNO/c1-13(2)7-6-11(14)9-4-3-5-10(12)8-9/h3-8H,1-2H3/b7-6-. The van der Waals surface area contributed by atoms with Crippen LogP contribution in [-0.2, 0) is 0 Å². The zero-order valence-electron chi connectivity index (χ0n) is 8.20. The third-order valence-electron chi connectivity index (χ3n) is 1.63. The molecule has 0 amide bonds. The van der Waals surface area contributed by atoms with Gasteiger partial charge in [-0.05, 0) is 12.1 Å². The first-order valence-electron chi connectivity index (χ1n) is 4.24. The molecular formula is C11H12FNO. The van der Waals surface area contributed by atoms with Crippen LogP contribution in [0.4, 0.5) is 4.39 Å². The fraction of sp³-hybridized carbons (Fsp3) is 0.182. The summed E-state index contributed by atoms with van der Waals surface area (Å²) in [7, 11) is 3.63. The number of nitrogens with zero attached hydrogens (tertiary/aromatic N) is 1. The largest absolute Gasteiger partial charge is 0.383 e. The van der Waals surface area contributed by atoms with Gasteiger partial charge < -0.3 is 4.90 Å². The molecule has 0 unspecified atom stereocenters. The fourth-order valence-corrected chi connectivity index (χ4v) is 0.955. The van der Waals surface area contributed by atoms with E-state index in [-0.39, 0.29) is 5.78 Å². The van der Waals surface area contributed by atoms with Gasteiger partial charge in [0.1, 0.15) is 5.82 Å². The summed E-state index contributed by atoms with van der Waals surface area (Å²) in [5.41, 5.74) is 0.364. The molecule has 1 rings (SSSR count). The van der Waals surface area contributed by atoms with Crippen LogP contribution in [0.3, 0.4) is 0 Å². The zero-order chi connectivity index (χ0) is 10.6. The molecule has 3 heteroatoms. The minimum atomic E-state index is -0.394. The van der Waals surface area contributed by atoms with Gasteiger partial charge in [-0.2, -0.15) is 0 Å². The molecule has 0 atom stereocenters. The molecule has 0 saturated heterocycles. The number of carbonyl (C=O) groups excluding carboxylic acids is 1. The molecule has 1 aromatic carbocycles. The number of hydrogen-bond donors (Lipinski definition) is 0. The summed E-state index contributed by atoms with van der Waals surface area (Å²) in [4.78, 5) is 13.2. The molecule has 2 nitrogen and oxygen atoms in total. The van der Waals surface area contributed by atoms with Crippen molar-refractivity contribution in [1.82, 2.24) is 4.90 Å². The molecule has 0 fully saturated rings. The lowest BCUT2D eigenvalue weighted by atomic mass is 10.1.